The number of carbonyl (C=O) groups excluding carboxylic acids is 1. The lowest BCUT2D eigenvalue weighted by Crippen LogP contribution is -2.16. The van der Waals surface area contributed by atoms with E-state index in [0.29, 0.717) is 22.5 Å². The van der Waals surface area contributed by atoms with Crippen LogP contribution in [-0.4, -0.2) is 26.4 Å². The Morgan fingerprint density at radius 2 is 1.94 bits per heavy atom. The molecule has 0 aliphatic carbocycles. The second-order valence-corrected chi connectivity index (χ2v) is 8.48. The molecule has 1 aromatic heterocycles. The monoisotopic (exact) mass is 456 g/mol. The zero-order valence-electron chi connectivity index (χ0n) is 17.8. The van der Waals surface area contributed by atoms with Gasteiger partial charge in [-0.3, -0.25) is 9.36 Å². The summed E-state index contributed by atoms with van der Waals surface area (Å²) in [7, 11) is 0. The maximum atomic E-state index is 12.5. The summed E-state index contributed by atoms with van der Waals surface area (Å²) in [6.07, 6.45) is 1.77. The van der Waals surface area contributed by atoms with Crippen LogP contribution in [0.1, 0.15) is 22.5 Å². The number of hydrogen-bond donors (Lipinski definition) is 1. The number of nitrogens with one attached hydrogen (secondary N) is 1. The maximum absolute atomic E-state index is 12.5. The number of aryl methyl sites for hydroxylation is 3. The van der Waals surface area contributed by atoms with E-state index in [4.69, 9.17) is 16.3 Å². The van der Waals surface area contributed by atoms with Crippen LogP contribution >= 0.6 is 23.4 Å². The number of hydrogen-bond acceptors (Lipinski definition) is 5. The molecule has 0 spiro atoms. The van der Waals surface area contributed by atoms with E-state index in [0.717, 1.165) is 28.1 Å². The van der Waals surface area contributed by atoms with E-state index < -0.39 is 0 Å². The quantitative estimate of drug-likeness (QED) is 0.347. The average molecular weight is 457 g/mol. The number of amides is 1. The lowest BCUT2D eigenvalue weighted by molar-refractivity contribution is -0.113. The van der Waals surface area contributed by atoms with Gasteiger partial charge in [0.25, 0.3) is 0 Å². The third-order valence-electron chi connectivity index (χ3n) is 4.68. The topological polar surface area (TPSA) is 69.0 Å². The Hall–Kier alpha value is -2.77. The van der Waals surface area contributed by atoms with Crippen molar-refractivity contribution in [3.8, 4) is 5.75 Å². The van der Waals surface area contributed by atoms with Crippen molar-refractivity contribution in [2.45, 2.75) is 39.1 Å². The molecule has 1 N–H and O–H groups in total. The Morgan fingerprint density at radius 1 is 1.19 bits per heavy atom. The SMILES string of the molecule is C=CCn1c(COc2ccc(Cl)cc2C)nnc1SCC(=O)Nc1c(C)cccc1C. The minimum absolute atomic E-state index is 0.0925. The normalized spacial score (nSPS) is 10.7. The molecule has 3 rings (SSSR count). The third-order valence-corrected chi connectivity index (χ3v) is 5.88. The summed E-state index contributed by atoms with van der Waals surface area (Å²) in [4.78, 5) is 12.5. The molecule has 0 atom stereocenters. The first-order valence-electron chi connectivity index (χ1n) is 9.80. The average Bonchev–Trinajstić information content (AvgIpc) is 3.10. The largest absolute Gasteiger partial charge is 0.485 e. The number of para-hydroxylation sites is 1. The summed E-state index contributed by atoms with van der Waals surface area (Å²) in [6, 6.07) is 11.4. The van der Waals surface area contributed by atoms with Crippen molar-refractivity contribution in [1.29, 1.82) is 0 Å². The molecule has 0 aliphatic heterocycles. The summed E-state index contributed by atoms with van der Waals surface area (Å²) in [5.41, 5.74) is 3.86. The van der Waals surface area contributed by atoms with Gasteiger partial charge in [-0.2, -0.15) is 0 Å². The number of rotatable bonds is 9. The fourth-order valence-corrected chi connectivity index (χ4v) is 4.07. The van der Waals surface area contributed by atoms with E-state index in [9.17, 15) is 4.79 Å². The lowest BCUT2D eigenvalue weighted by Gasteiger charge is -2.12. The summed E-state index contributed by atoms with van der Waals surface area (Å²) in [5, 5.41) is 12.8. The Bertz CT molecular complexity index is 1080. The van der Waals surface area contributed by atoms with Crippen LogP contribution in [0.2, 0.25) is 5.02 Å². The molecule has 0 radical (unpaired) electrons. The molecule has 162 valence electrons. The predicted molar refractivity (Wildman–Crippen MR) is 126 cm³/mol. The van der Waals surface area contributed by atoms with Gasteiger partial charge in [0, 0.05) is 17.3 Å². The summed E-state index contributed by atoms with van der Waals surface area (Å²) >= 11 is 7.33. The molecular weight excluding hydrogens is 432 g/mol. The van der Waals surface area contributed by atoms with E-state index in [1.165, 1.54) is 11.8 Å². The van der Waals surface area contributed by atoms with E-state index in [1.54, 1.807) is 12.1 Å². The smallest absolute Gasteiger partial charge is 0.234 e. The van der Waals surface area contributed by atoms with Crippen LogP contribution < -0.4 is 10.1 Å². The molecule has 2 aromatic carbocycles. The molecule has 3 aromatic rings. The molecule has 1 amide bonds. The molecule has 8 heteroatoms. The van der Waals surface area contributed by atoms with Gasteiger partial charge in [0.15, 0.2) is 11.0 Å². The summed E-state index contributed by atoms with van der Waals surface area (Å²) < 4.78 is 7.80. The number of ether oxygens (including phenoxy) is 1. The Kier molecular flexibility index (Phi) is 7.76. The Labute approximate surface area is 191 Å². The highest BCUT2D eigenvalue weighted by molar-refractivity contribution is 7.99. The minimum Gasteiger partial charge on any atom is -0.485 e. The van der Waals surface area contributed by atoms with Crippen LogP contribution in [-0.2, 0) is 17.9 Å². The van der Waals surface area contributed by atoms with Crippen molar-refractivity contribution in [3.63, 3.8) is 0 Å². The number of aromatic nitrogens is 3. The number of halogens is 1. The van der Waals surface area contributed by atoms with Gasteiger partial charge >= 0.3 is 0 Å². The molecule has 0 saturated carbocycles. The Morgan fingerprint density at radius 3 is 2.61 bits per heavy atom. The van der Waals surface area contributed by atoms with Crippen LogP contribution in [0.3, 0.4) is 0 Å². The van der Waals surface area contributed by atoms with Crippen LogP contribution in [0.25, 0.3) is 0 Å². The van der Waals surface area contributed by atoms with Crippen LogP contribution in [0, 0.1) is 20.8 Å². The number of nitrogens with zero attached hydrogens (tertiary/aromatic N) is 3. The predicted octanol–water partition coefficient (Wildman–Crippen LogP) is 5.35. The third kappa shape index (κ3) is 5.89. The fraction of sp³-hybridized carbons (Fsp3) is 0.261. The van der Waals surface area contributed by atoms with Crippen LogP contribution in [0.4, 0.5) is 5.69 Å². The van der Waals surface area contributed by atoms with Gasteiger partial charge in [-0.15, -0.1) is 16.8 Å². The van der Waals surface area contributed by atoms with E-state index in [-0.39, 0.29) is 18.3 Å². The molecule has 0 aliphatic rings. The van der Waals surface area contributed by atoms with E-state index in [1.807, 2.05) is 55.7 Å². The molecule has 0 bridgehead atoms. The first-order chi connectivity index (χ1) is 14.9. The fourth-order valence-electron chi connectivity index (χ4n) is 3.08. The van der Waals surface area contributed by atoms with Gasteiger partial charge in [0.2, 0.25) is 5.91 Å². The highest BCUT2D eigenvalue weighted by atomic mass is 35.5. The van der Waals surface area contributed by atoms with Crippen molar-refractivity contribution >= 4 is 35.0 Å². The second-order valence-electron chi connectivity index (χ2n) is 7.10. The van der Waals surface area contributed by atoms with E-state index >= 15 is 0 Å². The zero-order valence-corrected chi connectivity index (χ0v) is 19.4. The molecule has 0 unspecified atom stereocenters. The number of anilines is 1. The Balaban J connectivity index is 1.65. The number of thioether (sulfide) groups is 1. The molecule has 0 fully saturated rings. The molecule has 1 heterocycles. The number of benzene rings is 2. The van der Waals surface area contributed by atoms with Gasteiger partial charge in [-0.25, -0.2) is 0 Å². The molecular formula is C23H25ClN4O2S. The minimum atomic E-state index is -0.0925. The molecule has 0 saturated heterocycles. The number of carbonyl (C=O) groups is 1. The second kappa shape index (κ2) is 10.5. The maximum Gasteiger partial charge on any atom is 0.234 e. The van der Waals surface area contributed by atoms with Crippen molar-refractivity contribution in [2.75, 3.05) is 11.1 Å². The van der Waals surface area contributed by atoms with Gasteiger partial charge in [-0.1, -0.05) is 47.6 Å². The van der Waals surface area contributed by atoms with Crippen molar-refractivity contribution in [1.82, 2.24) is 14.8 Å². The highest BCUT2D eigenvalue weighted by Gasteiger charge is 2.15. The van der Waals surface area contributed by atoms with Crippen molar-refractivity contribution < 1.29 is 9.53 Å². The lowest BCUT2D eigenvalue weighted by atomic mass is 10.1. The standard InChI is InChI=1S/C23H25ClN4O2S/c1-5-11-28-20(13-30-19-10-9-18(24)12-17(19)4)26-27-23(28)31-14-21(29)25-22-15(2)7-6-8-16(22)3/h5-10,12H,1,11,13-14H2,2-4H3,(H,25,29). The highest BCUT2D eigenvalue weighted by Crippen LogP contribution is 2.24. The van der Waals surface area contributed by atoms with Gasteiger partial charge in [0.1, 0.15) is 12.4 Å². The van der Waals surface area contributed by atoms with Gasteiger partial charge in [0.05, 0.1) is 5.75 Å². The van der Waals surface area contributed by atoms with Gasteiger partial charge in [-0.05, 0) is 55.7 Å². The zero-order chi connectivity index (χ0) is 22.4. The van der Waals surface area contributed by atoms with Crippen LogP contribution in [0.15, 0.2) is 54.2 Å². The first-order valence-corrected chi connectivity index (χ1v) is 11.2. The van der Waals surface area contributed by atoms with Gasteiger partial charge < -0.3 is 10.1 Å². The van der Waals surface area contributed by atoms with Crippen molar-refractivity contribution in [3.05, 3.63) is 76.6 Å². The molecule has 31 heavy (non-hydrogen) atoms. The molecule has 6 nitrogen and oxygen atoms in total. The van der Waals surface area contributed by atoms with Crippen molar-refractivity contribution in [2.24, 2.45) is 0 Å². The number of allylic oxidation sites excluding steroid dienone is 1. The van der Waals surface area contributed by atoms with Crippen LogP contribution in [0.5, 0.6) is 5.75 Å². The summed E-state index contributed by atoms with van der Waals surface area (Å²) in [5.74, 6) is 1.52. The van der Waals surface area contributed by atoms with E-state index in [2.05, 4.69) is 22.1 Å². The first kappa shape index (κ1) is 22.9. The summed E-state index contributed by atoms with van der Waals surface area (Å²) in [6.45, 7) is 10.5.